The topological polar surface area (TPSA) is 84.9 Å². The Morgan fingerprint density at radius 2 is 1.60 bits per heavy atom. The van der Waals surface area contributed by atoms with E-state index in [1.807, 2.05) is 19.9 Å². The summed E-state index contributed by atoms with van der Waals surface area (Å²) < 4.78 is 10.5. The Bertz CT molecular complexity index is 909. The van der Waals surface area contributed by atoms with Crippen LogP contribution in [-0.4, -0.2) is 77.7 Å². The molecule has 160 valence electrons. The zero-order valence-corrected chi connectivity index (χ0v) is 18.5. The SMILES string of the molecule is COc1ccc(C(=O)N2CCN(C(=O)CSc3nc(C)cc(C)n3)CC2)c(OC)c1. The molecule has 0 unspecified atom stereocenters. The molecule has 0 N–H and O–H groups in total. The Balaban J connectivity index is 1.55. The van der Waals surface area contributed by atoms with Crippen LogP contribution in [0.1, 0.15) is 21.7 Å². The van der Waals surface area contributed by atoms with Crippen molar-refractivity contribution in [2.24, 2.45) is 0 Å². The van der Waals surface area contributed by atoms with Crippen molar-refractivity contribution in [1.29, 1.82) is 0 Å². The standard InChI is InChI=1S/C21H26N4O4S/c1-14-11-15(2)23-21(22-14)30-13-19(26)24-7-9-25(10-8-24)20(27)17-6-5-16(28-3)12-18(17)29-4/h5-6,11-12H,7-10,13H2,1-4H3. The first kappa shape index (κ1) is 21.9. The van der Waals surface area contributed by atoms with Gasteiger partial charge in [-0.05, 0) is 32.0 Å². The van der Waals surface area contributed by atoms with Crippen LogP contribution in [0.15, 0.2) is 29.4 Å². The van der Waals surface area contributed by atoms with Crippen molar-refractivity contribution in [1.82, 2.24) is 19.8 Å². The van der Waals surface area contributed by atoms with Crippen molar-refractivity contribution in [2.75, 3.05) is 46.2 Å². The van der Waals surface area contributed by atoms with E-state index in [1.165, 1.54) is 18.9 Å². The number of amides is 2. The van der Waals surface area contributed by atoms with Crippen LogP contribution in [0.2, 0.25) is 0 Å². The summed E-state index contributed by atoms with van der Waals surface area (Å²) in [7, 11) is 3.09. The van der Waals surface area contributed by atoms with E-state index in [0.29, 0.717) is 48.4 Å². The molecule has 1 aromatic heterocycles. The van der Waals surface area contributed by atoms with E-state index in [9.17, 15) is 9.59 Å². The highest BCUT2D eigenvalue weighted by molar-refractivity contribution is 7.99. The van der Waals surface area contributed by atoms with Gasteiger partial charge in [0.05, 0.1) is 25.5 Å². The molecule has 30 heavy (non-hydrogen) atoms. The summed E-state index contributed by atoms with van der Waals surface area (Å²) in [6.07, 6.45) is 0. The third-order valence-corrected chi connectivity index (χ3v) is 5.68. The van der Waals surface area contributed by atoms with E-state index in [1.54, 1.807) is 35.1 Å². The van der Waals surface area contributed by atoms with Gasteiger partial charge in [-0.25, -0.2) is 9.97 Å². The maximum Gasteiger partial charge on any atom is 0.257 e. The molecule has 1 aliphatic heterocycles. The molecule has 0 radical (unpaired) electrons. The molecule has 1 saturated heterocycles. The number of piperazine rings is 1. The van der Waals surface area contributed by atoms with Gasteiger partial charge in [0.25, 0.3) is 5.91 Å². The lowest BCUT2D eigenvalue weighted by atomic mass is 10.1. The van der Waals surface area contributed by atoms with Crippen LogP contribution < -0.4 is 9.47 Å². The van der Waals surface area contributed by atoms with E-state index in [-0.39, 0.29) is 17.6 Å². The van der Waals surface area contributed by atoms with Crippen molar-refractivity contribution < 1.29 is 19.1 Å². The minimum Gasteiger partial charge on any atom is -0.497 e. The highest BCUT2D eigenvalue weighted by Gasteiger charge is 2.26. The lowest BCUT2D eigenvalue weighted by molar-refractivity contribution is -0.129. The van der Waals surface area contributed by atoms with Gasteiger partial charge in [0, 0.05) is 43.6 Å². The summed E-state index contributed by atoms with van der Waals surface area (Å²) in [4.78, 5) is 37.7. The number of aromatic nitrogens is 2. The lowest BCUT2D eigenvalue weighted by Gasteiger charge is -2.35. The molecule has 1 aliphatic rings. The fourth-order valence-electron chi connectivity index (χ4n) is 3.28. The number of hydrogen-bond acceptors (Lipinski definition) is 7. The number of rotatable bonds is 6. The van der Waals surface area contributed by atoms with Crippen LogP contribution in [0.5, 0.6) is 11.5 Å². The normalized spacial score (nSPS) is 13.9. The van der Waals surface area contributed by atoms with E-state index < -0.39 is 0 Å². The highest BCUT2D eigenvalue weighted by Crippen LogP contribution is 2.26. The number of nitrogens with zero attached hydrogens (tertiary/aromatic N) is 4. The monoisotopic (exact) mass is 430 g/mol. The third kappa shape index (κ3) is 5.21. The van der Waals surface area contributed by atoms with Gasteiger partial charge in [-0.2, -0.15) is 0 Å². The predicted octanol–water partition coefficient (Wildman–Crippen LogP) is 2.19. The summed E-state index contributed by atoms with van der Waals surface area (Å²) in [5.74, 6) is 1.30. The first-order chi connectivity index (χ1) is 14.4. The summed E-state index contributed by atoms with van der Waals surface area (Å²) >= 11 is 1.34. The van der Waals surface area contributed by atoms with Gasteiger partial charge < -0.3 is 19.3 Å². The Hall–Kier alpha value is -2.81. The van der Waals surface area contributed by atoms with E-state index >= 15 is 0 Å². The molecule has 0 bridgehead atoms. The van der Waals surface area contributed by atoms with Gasteiger partial charge >= 0.3 is 0 Å². The van der Waals surface area contributed by atoms with Crippen LogP contribution in [0.25, 0.3) is 0 Å². The number of hydrogen-bond donors (Lipinski definition) is 0. The molecule has 2 heterocycles. The zero-order chi connectivity index (χ0) is 21.7. The van der Waals surface area contributed by atoms with Crippen LogP contribution in [0.4, 0.5) is 0 Å². The number of methoxy groups -OCH3 is 2. The number of thioether (sulfide) groups is 1. The molecule has 0 atom stereocenters. The predicted molar refractivity (Wildman–Crippen MR) is 114 cm³/mol. The van der Waals surface area contributed by atoms with Crippen molar-refractivity contribution in [2.45, 2.75) is 19.0 Å². The number of ether oxygens (including phenoxy) is 2. The van der Waals surface area contributed by atoms with Gasteiger partial charge in [-0.1, -0.05) is 11.8 Å². The Kier molecular flexibility index (Phi) is 7.15. The Morgan fingerprint density at radius 3 is 2.20 bits per heavy atom. The molecule has 2 aromatic rings. The average molecular weight is 431 g/mol. The van der Waals surface area contributed by atoms with E-state index in [2.05, 4.69) is 9.97 Å². The molecule has 8 nitrogen and oxygen atoms in total. The summed E-state index contributed by atoms with van der Waals surface area (Å²) in [5, 5.41) is 0.612. The second-order valence-electron chi connectivity index (χ2n) is 6.96. The molecule has 0 aliphatic carbocycles. The molecular formula is C21H26N4O4S. The smallest absolute Gasteiger partial charge is 0.257 e. The molecule has 3 rings (SSSR count). The van der Waals surface area contributed by atoms with Gasteiger partial charge in [-0.3, -0.25) is 9.59 Å². The van der Waals surface area contributed by atoms with Crippen LogP contribution in [-0.2, 0) is 4.79 Å². The minimum absolute atomic E-state index is 0.0249. The first-order valence-corrected chi connectivity index (χ1v) is 10.6. The second kappa shape index (κ2) is 9.80. The summed E-state index contributed by atoms with van der Waals surface area (Å²) in [5.41, 5.74) is 2.26. The van der Waals surface area contributed by atoms with E-state index in [0.717, 1.165) is 11.4 Å². The molecule has 1 aromatic carbocycles. The van der Waals surface area contributed by atoms with E-state index in [4.69, 9.17) is 9.47 Å². The zero-order valence-electron chi connectivity index (χ0n) is 17.7. The average Bonchev–Trinajstić information content (AvgIpc) is 2.76. The summed E-state index contributed by atoms with van der Waals surface area (Å²) in [6, 6.07) is 7.04. The molecule has 0 saturated carbocycles. The fourth-order valence-corrected chi connectivity index (χ4v) is 4.13. The quantitative estimate of drug-likeness (QED) is 0.513. The van der Waals surface area contributed by atoms with Crippen LogP contribution >= 0.6 is 11.8 Å². The Labute approximate surface area is 180 Å². The van der Waals surface area contributed by atoms with Gasteiger partial charge in [0.2, 0.25) is 5.91 Å². The van der Waals surface area contributed by atoms with Crippen molar-refractivity contribution in [3.05, 3.63) is 41.2 Å². The van der Waals surface area contributed by atoms with Crippen LogP contribution in [0, 0.1) is 13.8 Å². The maximum absolute atomic E-state index is 12.9. The second-order valence-corrected chi connectivity index (χ2v) is 7.90. The minimum atomic E-state index is -0.111. The number of aryl methyl sites for hydroxylation is 2. The third-order valence-electron chi connectivity index (χ3n) is 4.85. The Morgan fingerprint density at radius 1 is 0.967 bits per heavy atom. The van der Waals surface area contributed by atoms with Crippen molar-refractivity contribution in [3.8, 4) is 11.5 Å². The largest absolute Gasteiger partial charge is 0.497 e. The fraction of sp³-hybridized carbons (Fsp3) is 0.429. The van der Waals surface area contributed by atoms with Crippen molar-refractivity contribution in [3.63, 3.8) is 0 Å². The molecular weight excluding hydrogens is 404 g/mol. The molecule has 2 amide bonds. The lowest BCUT2D eigenvalue weighted by Crippen LogP contribution is -2.51. The molecule has 1 fully saturated rings. The van der Waals surface area contributed by atoms with Crippen molar-refractivity contribution >= 4 is 23.6 Å². The molecule has 0 spiro atoms. The summed E-state index contributed by atoms with van der Waals surface area (Å²) in [6.45, 7) is 5.77. The van der Waals surface area contributed by atoms with Gasteiger partial charge in [-0.15, -0.1) is 0 Å². The highest BCUT2D eigenvalue weighted by atomic mass is 32.2. The molecule has 9 heteroatoms. The maximum atomic E-state index is 12.9. The number of carbonyl (C=O) groups is 2. The van der Waals surface area contributed by atoms with Gasteiger partial charge in [0.15, 0.2) is 5.16 Å². The number of benzene rings is 1. The first-order valence-electron chi connectivity index (χ1n) is 9.65. The van der Waals surface area contributed by atoms with Crippen LogP contribution in [0.3, 0.4) is 0 Å². The number of carbonyl (C=O) groups excluding carboxylic acids is 2. The van der Waals surface area contributed by atoms with Gasteiger partial charge in [0.1, 0.15) is 11.5 Å².